The van der Waals surface area contributed by atoms with Crippen LogP contribution in [-0.4, -0.2) is 28.4 Å². The number of hydrogen-bond acceptors (Lipinski definition) is 2. The molecule has 3 nitrogen and oxygen atoms in total. The fourth-order valence-electron chi connectivity index (χ4n) is 0. The van der Waals surface area contributed by atoms with E-state index in [1.165, 1.54) is 6.92 Å². The first-order valence-electron chi connectivity index (χ1n) is 1.56. The summed E-state index contributed by atoms with van der Waals surface area (Å²) in [6, 6.07) is 0. The molecule has 1 atom stereocenters. The molecule has 0 aromatic rings. The number of aliphatic hydroxyl groups excluding tert-OH is 2. The minimum atomic E-state index is -0.560. The molecule has 4 heteroatoms. The Labute approximate surface area is 48.7 Å². The van der Waals surface area contributed by atoms with E-state index in [1.807, 2.05) is 0 Å². The van der Waals surface area contributed by atoms with Gasteiger partial charge in [0, 0.05) is 0 Å². The minimum Gasteiger partial charge on any atom is -0.412 e. The second-order valence-corrected chi connectivity index (χ2v) is 1.03. The van der Waals surface area contributed by atoms with Crippen molar-refractivity contribution in [1.82, 2.24) is 0 Å². The van der Waals surface area contributed by atoms with Gasteiger partial charge < -0.3 is 15.7 Å². The summed E-state index contributed by atoms with van der Waals surface area (Å²) >= 11 is 0. The van der Waals surface area contributed by atoms with Crippen LogP contribution in [0.3, 0.4) is 0 Å². The van der Waals surface area contributed by atoms with Crippen LogP contribution in [0, 0.1) is 0 Å². The first-order valence-corrected chi connectivity index (χ1v) is 1.56. The van der Waals surface area contributed by atoms with Gasteiger partial charge >= 0.3 is 0 Å². The van der Waals surface area contributed by atoms with Crippen molar-refractivity contribution in [3.8, 4) is 0 Å². The van der Waals surface area contributed by atoms with E-state index < -0.39 is 6.10 Å². The summed E-state index contributed by atoms with van der Waals surface area (Å²) in [5.41, 5.74) is 0. The van der Waals surface area contributed by atoms with Crippen molar-refractivity contribution in [2.45, 2.75) is 13.0 Å². The number of halogens is 1. The molecule has 48 valence electrons. The highest BCUT2D eigenvalue weighted by Gasteiger charge is 1.83. The topological polar surface area (TPSA) is 72.0 Å². The highest BCUT2D eigenvalue weighted by atomic mass is 35.5. The molecule has 0 saturated heterocycles. The van der Waals surface area contributed by atoms with Crippen molar-refractivity contribution in [2.75, 3.05) is 6.61 Å². The molecule has 0 amide bonds. The summed E-state index contributed by atoms with van der Waals surface area (Å²) in [6.07, 6.45) is -0.560. The van der Waals surface area contributed by atoms with Crippen molar-refractivity contribution in [3.63, 3.8) is 0 Å². The normalized spacial score (nSPS) is 10.7. The van der Waals surface area contributed by atoms with Gasteiger partial charge in [-0.25, -0.2) is 0 Å². The first-order chi connectivity index (χ1) is 2.27. The fourth-order valence-corrected chi connectivity index (χ4v) is 0. The van der Waals surface area contributed by atoms with Crippen molar-refractivity contribution in [3.05, 3.63) is 0 Å². The fraction of sp³-hybridized carbons (Fsp3) is 1.00. The first kappa shape index (κ1) is 15.7. The van der Waals surface area contributed by atoms with Crippen LogP contribution < -0.4 is 0 Å². The van der Waals surface area contributed by atoms with E-state index in [0.717, 1.165) is 0 Å². The predicted molar refractivity (Wildman–Crippen MR) is 29.6 cm³/mol. The van der Waals surface area contributed by atoms with Crippen LogP contribution in [0.15, 0.2) is 0 Å². The Kier molecular flexibility index (Phi) is 21.3. The molecule has 0 aliphatic rings. The maximum Gasteiger partial charge on any atom is 0.0742 e. The van der Waals surface area contributed by atoms with E-state index in [9.17, 15) is 0 Å². The van der Waals surface area contributed by atoms with Crippen LogP contribution >= 0.6 is 12.4 Å². The lowest BCUT2D eigenvalue weighted by molar-refractivity contribution is 0.110. The standard InChI is InChI=1S/C3H8O2.ClH.H2O/c1-3(5)2-4;;/h3-5H,2H2,1H3;1H;1H2. The average Bonchev–Trinajstić information content (AvgIpc) is 1.38. The lowest BCUT2D eigenvalue weighted by Gasteiger charge is -1.90. The molecule has 0 fully saturated rings. The van der Waals surface area contributed by atoms with Gasteiger partial charge in [-0.1, -0.05) is 0 Å². The Bertz CT molecular complexity index is 24.1. The zero-order valence-corrected chi connectivity index (χ0v) is 4.90. The SMILES string of the molecule is CC(O)CO.Cl.O. The average molecular weight is 131 g/mol. The summed E-state index contributed by atoms with van der Waals surface area (Å²) < 4.78 is 0. The van der Waals surface area contributed by atoms with E-state index in [2.05, 4.69) is 0 Å². The summed E-state index contributed by atoms with van der Waals surface area (Å²) in [4.78, 5) is 0. The van der Waals surface area contributed by atoms with Gasteiger partial charge in [0.05, 0.1) is 12.7 Å². The Balaban J connectivity index is -0.0000000800. The molecular formula is C3H11ClO3. The third kappa shape index (κ3) is 22.8. The van der Waals surface area contributed by atoms with E-state index in [4.69, 9.17) is 10.2 Å². The maximum absolute atomic E-state index is 8.11. The van der Waals surface area contributed by atoms with E-state index >= 15 is 0 Å². The maximum atomic E-state index is 8.11. The zero-order valence-electron chi connectivity index (χ0n) is 4.09. The second-order valence-electron chi connectivity index (χ2n) is 1.03. The van der Waals surface area contributed by atoms with Crippen LogP contribution in [-0.2, 0) is 0 Å². The highest BCUT2D eigenvalue weighted by Crippen LogP contribution is 1.68. The van der Waals surface area contributed by atoms with Gasteiger partial charge in [0.15, 0.2) is 0 Å². The van der Waals surface area contributed by atoms with E-state index in [1.54, 1.807) is 0 Å². The van der Waals surface area contributed by atoms with Crippen LogP contribution in [0.4, 0.5) is 0 Å². The zero-order chi connectivity index (χ0) is 4.28. The number of aliphatic hydroxyl groups is 2. The van der Waals surface area contributed by atoms with Gasteiger partial charge in [0.25, 0.3) is 0 Å². The van der Waals surface area contributed by atoms with Crippen molar-refractivity contribution < 1.29 is 15.7 Å². The van der Waals surface area contributed by atoms with Gasteiger partial charge in [-0.3, -0.25) is 0 Å². The van der Waals surface area contributed by atoms with Gasteiger partial charge in [-0.15, -0.1) is 12.4 Å². The van der Waals surface area contributed by atoms with Gasteiger partial charge in [-0.05, 0) is 6.92 Å². The molecule has 0 saturated carbocycles. The van der Waals surface area contributed by atoms with Gasteiger partial charge in [0.1, 0.15) is 0 Å². The Morgan fingerprint density at radius 3 is 1.71 bits per heavy atom. The molecule has 0 aliphatic carbocycles. The van der Waals surface area contributed by atoms with Crippen LogP contribution in [0.5, 0.6) is 0 Å². The Morgan fingerprint density at radius 1 is 1.57 bits per heavy atom. The number of hydrogen-bond donors (Lipinski definition) is 2. The molecule has 0 rings (SSSR count). The number of rotatable bonds is 1. The third-order valence-corrected chi connectivity index (χ3v) is 0.264. The Morgan fingerprint density at radius 2 is 1.71 bits per heavy atom. The molecule has 0 aliphatic heterocycles. The summed E-state index contributed by atoms with van der Waals surface area (Å²) in [7, 11) is 0. The molecule has 0 bridgehead atoms. The van der Waals surface area contributed by atoms with Crippen LogP contribution in [0.1, 0.15) is 6.92 Å². The molecule has 4 N–H and O–H groups in total. The summed E-state index contributed by atoms with van der Waals surface area (Å²) in [5.74, 6) is 0. The molecule has 0 aromatic heterocycles. The molecule has 0 heterocycles. The lowest BCUT2D eigenvalue weighted by atomic mass is 10.5. The van der Waals surface area contributed by atoms with Gasteiger partial charge in [-0.2, -0.15) is 0 Å². The summed E-state index contributed by atoms with van der Waals surface area (Å²) in [6.45, 7) is 1.39. The lowest BCUT2D eigenvalue weighted by Crippen LogP contribution is -2.03. The molecule has 7 heavy (non-hydrogen) atoms. The third-order valence-electron chi connectivity index (χ3n) is 0.264. The predicted octanol–water partition coefficient (Wildman–Crippen LogP) is -1.04. The molecule has 1 unspecified atom stereocenters. The Hall–Kier alpha value is 0.170. The largest absolute Gasteiger partial charge is 0.412 e. The smallest absolute Gasteiger partial charge is 0.0742 e. The minimum absolute atomic E-state index is 0. The molecule has 0 spiro atoms. The summed E-state index contributed by atoms with van der Waals surface area (Å²) in [5, 5.41) is 16.0. The van der Waals surface area contributed by atoms with E-state index in [-0.39, 0.29) is 24.5 Å². The molecule has 0 radical (unpaired) electrons. The van der Waals surface area contributed by atoms with E-state index in [0.29, 0.717) is 0 Å². The second kappa shape index (κ2) is 9.48. The molecular weight excluding hydrogens is 119 g/mol. The van der Waals surface area contributed by atoms with Crippen LogP contribution in [0.2, 0.25) is 0 Å². The molecule has 0 aromatic carbocycles. The van der Waals surface area contributed by atoms with Crippen LogP contribution in [0.25, 0.3) is 0 Å². The van der Waals surface area contributed by atoms with Crippen molar-refractivity contribution in [2.24, 2.45) is 0 Å². The van der Waals surface area contributed by atoms with Gasteiger partial charge in [0.2, 0.25) is 0 Å². The monoisotopic (exact) mass is 130 g/mol. The van der Waals surface area contributed by atoms with Crippen molar-refractivity contribution in [1.29, 1.82) is 0 Å². The van der Waals surface area contributed by atoms with Crippen molar-refractivity contribution >= 4 is 12.4 Å². The highest BCUT2D eigenvalue weighted by molar-refractivity contribution is 5.85. The quantitative estimate of drug-likeness (QED) is 0.476.